The minimum Gasteiger partial charge on any atom is -0.508 e. The summed E-state index contributed by atoms with van der Waals surface area (Å²) >= 11 is 0. The van der Waals surface area contributed by atoms with Gasteiger partial charge in [-0.1, -0.05) is 28.7 Å². The van der Waals surface area contributed by atoms with Crippen LogP contribution in [0.25, 0.3) is 10.9 Å². The van der Waals surface area contributed by atoms with Crippen LogP contribution in [0.2, 0.25) is 0 Å². The van der Waals surface area contributed by atoms with Gasteiger partial charge in [0.25, 0.3) is 10.0 Å². The predicted molar refractivity (Wildman–Crippen MR) is 131 cm³/mol. The molecule has 0 amide bonds. The summed E-state index contributed by atoms with van der Waals surface area (Å²) < 4.78 is 26.0. The highest BCUT2D eigenvalue weighted by molar-refractivity contribution is 7.89. The van der Waals surface area contributed by atoms with Gasteiger partial charge >= 0.3 is 0 Å². The van der Waals surface area contributed by atoms with Crippen LogP contribution in [0.4, 0.5) is 0 Å². The second kappa shape index (κ2) is 9.11. The largest absolute Gasteiger partial charge is 0.508 e. The summed E-state index contributed by atoms with van der Waals surface area (Å²) in [5.74, 6) is 1.03. The monoisotopic (exact) mass is 479 g/mol. The third-order valence-corrected chi connectivity index (χ3v) is 8.39. The number of pyridine rings is 1. The van der Waals surface area contributed by atoms with Crippen LogP contribution < -0.4 is 4.89 Å². The number of nitrogens with zero attached hydrogens (tertiary/aromatic N) is 2. The molecule has 5 atom stereocenters. The Morgan fingerprint density at radius 2 is 2.03 bits per heavy atom. The van der Waals surface area contributed by atoms with E-state index >= 15 is 0 Å². The molecule has 2 bridgehead atoms. The van der Waals surface area contributed by atoms with Crippen molar-refractivity contribution >= 4 is 20.9 Å². The van der Waals surface area contributed by atoms with Crippen molar-refractivity contribution in [2.75, 3.05) is 13.1 Å². The lowest BCUT2D eigenvalue weighted by atomic mass is 9.73. The Morgan fingerprint density at radius 3 is 2.74 bits per heavy atom. The van der Waals surface area contributed by atoms with Gasteiger partial charge in [-0.25, -0.2) is 8.42 Å². The molecule has 1 unspecified atom stereocenters. The Bertz CT molecular complexity index is 1310. The molecule has 2 aromatic carbocycles. The second-order valence-corrected chi connectivity index (χ2v) is 10.9. The fourth-order valence-electron chi connectivity index (χ4n) is 5.33. The van der Waals surface area contributed by atoms with Crippen LogP contribution in [0.15, 0.2) is 72.3 Å². The molecule has 0 saturated carbocycles. The topological polar surface area (TPSA) is 91.8 Å². The van der Waals surface area contributed by atoms with E-state index in [4.69, 9.17) is 4.84 Å². The molecule has 3 aliphatic rings. The molecule has 1 aromatic heterocycles. The second-order valence-electron chi connectivity index (χ2n) is 9.29. The Balaban J connectivity index is 1.51. The Kier molecular flexibility index (Phi) is 6.16. The average molecular weight is 480 g/mol. The molecule has 0 aliphatic carbocycles. The summed E-state index contributed by atoms with van der Waals surface area (Å²) in [5.41, 5.74) is 2.48. The van der Waals surface area contributed by atoms with Crippen LogP contribution in [0.5, 0.6) is 5.75 Å². The van der Waals surface area contributed by atoms with E-state index in [1.165, 1.54) is 0 Å². The van der Waals surface area contributed by atoms with Crippen molar-refractivity contribution < 1.29 is 18.4 Å². The van der Waals surface area contributed by atoms with Crippen molar-refractivity contribution in [1.82, 2.24) is 14.8 Å². The van der Waals surface area contributed by atoms with Gasteiger partial charge in [0.15, 0.2) is 0 Å². The molecule has 7 nitrogen and oxygen atoms in total. The minimum atomic E-state index is -3.88. The maximum absolute atomic E-state index is 13.0. The zero-order valence-electron chi connectivity index (χ0n) is 19.1. The lowest BCUT2D eigenvalue weighted by Gasteiger charge is -2.51. The smallest absolute Gasteiger partial charge is 0.262 e. The predicted octanol–water partition coefficient (Wildman–Crippen LogP) is 4.10. The van der Waals surface area contributed by atoms with Crippen LogP contribution in [0.3, 0.4) is 0 Å². The summed E-state index contributed by atoms with van der Waals surface area (Å²) in [6, 6.07) is 13.5. The number of piperidine rings is 3. The van der Waals surface area contributed by atoms with Gasteiger partial charge in [0.2, 0.25) is 0 Å². The fourth-order valence-corrected chi connectivity index (χ4v) is 6.15. The van der Waals surface area contributed by atoms with Crippen molar-refractivity contribution in [2.24, 2.45) is 11.8 Å². The number of rotatable bonds is 7. The normalized spacial score (nSPS) is 25.3. The number of aromatic hydroxyl groups is 1. The van der Waals surface area contributed by atoms with Crippen molar-refractivity contribution in [1.29, 1.82) is 0 Å². The van der Waals surface area contributed by atoms with E-state index in [-0.39, 0.29) is 16.7 Å². The molecule has 178 valence electrons. The number of aryl methyl sites for hydroxylation is 1. The number of benzene rings is 2. The van der Waals surface area contributed by atoms with Crippen molar-refractivity contribution in [3.8, 4) is 5.75 Å². The number of phenols is 1. The molecule has 2 N–H and O–H groups in total. The number of fused-ring (bicyclic) bond motifs is 4. The van der Waals surface area contributed by atoms with E-state index in [0.29, 0.717) is 17.4 Å². The van der Waals surface area contributed by atoms with Crippen LogP contribution in [-0.2, 0) is 14.9 Å². The van der Waals surface area contributed by atoms with Gasteiger partial charge in [-0.3, -0.25) is 14.7 Å². The van der Waals surface area contributed by atoms with E-state index in [0.717, 1.165) is 42.4 Å². The number of hydrogen-bond acceptors (Lipinski definition) is 6. The van der Waals surface area contributed by atoms with Crippen LogP contribution in [0.1, 0.15) is 30.1 Å². The van der Waals surface area contributed by atoms with Gasteiger partial charge in [-0.2, -0.15) is 0 Å². The zero-order valence-corrected chi connectivity index (χ0v) is 19.9. The molecule has 3 fully saturated rings. The first-order chi connectivity index (χ1) is 16.4. The summed E-state index contributed by atoms with van der Waals surface area (Å²) in [6.45, 7) is 7.71. The number of nitrogens with one attached hydrogen (secondary N) is 1. The third-order valence-electron chi connectivity index (χ3n) is 7.18. The standard InChI is InChI=1S/C26H29N3O4S/c1-3-18-16-29-13-11-19(18)14-25(29)26(22-10-12-27-24-9-6-20(30)15-23(22)24)33-28-34(31,32)21-7-4-17(2)5-8-21/h3-10,12,15,18-19,25-26,28,30H,1,11,13-14,16H2,2H3/t18-,19-,25+,26-/m0/s1. The SMILES string of the molecule is C=C[C@H]1CN2CC[C@H]1C[C@@H]2[C@@H](ONS(=O)(=O)c1ccc(C)cc1)c1ccnc2ccc(O)cc12. The Morgan fingerprint density at radius 1 is 1.24 bits per heavy atom. The van der Waals surface area contributed by atoms with Crippen LogP contribution in [-0.4, -0.2) is 42.5 Å². The molecule has 0 spiro atoms. The summed E-state index contributed by atoms with van der Waals surface area (Å²) in [7, 11) is -3.88. The molecule has 34 heavy (non-hydrogen) atoms. The molecule has 4 heterocycles. The molecule has 6 rings (SSSR count). The zero-order chi connectivity index (χ0) is 23.9. The quantitative estimate of drug-likeness (QED) is 0.392. The lowest BCUT2D eigenvalue weighted by Crippen LogP contribution is -2.55. The number of aromatic nitrogens is 1. The molecule has 3 aliphatic heterocycles. The molecule has 3 aromatic rings. The van der Waals surface area contributed by atoms with Gasteiger partial charge in [0.1, 0.15) is 11.9 Å². The van der Waals surface area contributed by atoms with E-state index in [1.54, 1.807) is 48.7 Å². The van der Waals surface area contributed by atoms with Crippen molar-refractivity contribution in [3.63, 3.8) is 0 Å². The molecular weight excluding hydrogens is 450 g/mol. The fraction of sp³-hybridized carbons (Fsp3) is 0.346. The van der Waals surface area contributed by atoms with Crippen molar-refractivity contribution in [2.45, 2.75) is 36.8 Å². The summed E-state index contributed by atoms with van der Waals surface area (Å²) in [4.78, 5) is 15.4. The van der Waals surface area contributed by atoms with E-state index in [2.05, 4.69) is 21.3 Å². The highest BCUT2D eigenvalue weighted by atomic mass is 32.2. The number of hydrogen-bond donors (Lipinski definition) is 2. The number of sulfonamides is 1. The first kappa shape index (κ1) is 23.0. The first-order valence-electron chi connectivity index (χ1n) is 11.5. The van der Waals surface area contributed by atoms with Crippen LogP contribution in [0, 0.1) is 18.8 Å². The Labute approximate surface area is 200 Å². The Hall–Kier alpha value is -2.78. The molecule has 8 heteroatoms. The molecular formula is C26H29N3O4S. The maximum Gasteiger partial charge on any atom is 0.262 e. The number of phenolic OH excluding ortho intramolecular Hbond substituents is 1. The summed E-state index contributed by atoms with van der Waals surface area (Å²) in [5, 5.41) is 10.9. The minimum absolute atomic E-state index is 0.0244. The van der Waals surface area contributed by atoms with Gasteiger partial charge in [0.05, 0.1) is 10.4 Å². The first-order valence-corrected chi connectivity index (χ1v) is 13.0. The van der Waals surface area contributed by atoms with Gasteiger partial charge < -0.3 is 5.11 Å². The van der Waals surface area contributed by atoms with E-state index in [1.807, 2.05) is 19.1 Å². The maximum atomic E-state index is 13.0. The highest BCUT2D eigenvalue weighted by Crippen LogP contribution is 2.43. The highest BCUT2D eigenvalue weighted by Gasteiger charge is 2.44. The van der Waals surface area contributed by atoms with Gasteiger partial charge in [0, 0.05) is 24.2 Å². The lowest BCUT2D eigenvalue weighted by molar-refractivity contribution is -0.0899. The van der Waals surface area contributed by atoms with E-state index in [9.17, 15) is 13.5 Å². The summed E-state index contributed by atoms with van der Waals surface area (Å²) in [6.07, 6.45) is 5.11. The third kappa shape index (κ3) is 4.34. The van der Waals surface area contributed by atoms with Crippen LogP contribution >= 0.6 is 0 Å². The molecule has 0 radical (unpaired) electrons. The average Bonchev–Trinajstić information content (AvgIpc) is 2.85. The van der Waals surface area contributed by atoms with Gasteiger partial charge in [-0.05, 0) is 80.1 Å². The van der Waals surface area contributed by atoms with Crippen molar-refractivity contribution in [3.05, 3.63) is 78.5 Å². The van der Waals surface area contributed by atoms with E-state index < -0.39 is 16.1 Å². The molecule has 3 saturated heterocycles. The van der Waals surface area contributed by atoms with Gasteiger partial charge in [-0.15, -0.1) is 6.58 Å².